The maximum Gasteiger partial charge on any atom is 0.312 e. The maximum absolute atomic E-state index is 11.2. The summed E-state index contributed by atoms with van der Waals surface area (Å²) in [6.07, 6.45) is 0. The van der Waals surface area contributed by atoms with Crippen molar-refractivity contribution in [3.05, 3.63) is 0 Å². The lowest BCUT2D eigenvalue weighted by atomic mass is 10.3. The van der Waals surface area contributed by atoms with Crippen molar-refractivity contribution in [2.75, 3.05) is 32.0 Å². The third kappa shape index (κ3) is 1.77. The Labute approximate surface area is 79.6 Å². The second-order valence-electron chi connectivity index (χ2n) is 2.71. The second-order valence-corrected chi connectivity index (χ2v) is 3.50. The fourth-order valence-electron chi connectivity index (χ4n) is 1.09. The molecule has 1 aliphatic heterocycles. The molecule has 12 heavy (non-hydrogen) atoms. The molecule has 0 atom stereocenters. The first kappa shape index (κ1) is 9.51. The van der Waals surface area contributed by atoms with Crippen molar-refractivity contribution >= 4 is 27.7 Å². The number of carbonyl (C=O) groups is 2. The van der Waals surface area contributed by atoms with Crippen molar-refractivity contribution < 1.29 is 9.59 Å². The molecule has 0 saturated carbocycles. The number of hydrogen-bond acceptors (Lipinski definition) is 2. The van der Waals surface area contributed by atoms with E-state index in [4.69, 9.17) is 0 Å². The monoisotopic (exact) mass is 234 g/mol. The van der Waals surface area contributed by atoms with Crippen LogP contribution in [0.2, 0.25) is 0 Å². The molecule has 0 aromatic heterocycles. The van der Waals surface area contributed by atoms with Crippen LogP contribution in [-0.2, 0) is 9.59 Å². The van der Waals surface area contributed by atoms with Crippen LogP contribution in [0.25, 0.3) is 0 Å². The summed E-state index contributed by atoms with van der Waals surface area (Å²) in [5.74, 6) is -0.787. The van der Waals surface area contributed by atoms with Crippen molar-refractivity contribution in [2.24, 2.45) is 0 Å². The number of rotatable bonds is 2. The molecule has 68 valence electrons. The number of hydrogen-bond donors (Lipinski definition) is 0. The zero-order valence-corrected chi connectivity index (χ0v) is 8.50. The Morgan fingerprint density at radius 2 is 2.00 bits per heavy atom. The van der Waals surface area contributed by atoms with E-state index in [1.54, 1.807) is 11.9 Å². The van der Waals surface area contributed by atoms with Gasteiger partial charge in [-0.15, -0.1) is 0 Å². The second kappa shape index (κ2) is 3.89. The van der Waals surface area contributed by atoms with Gasteiger partial charge in [0.05, 0.1) is 0 Å². The van der Waals surface area contributed by atoms with Crippen LogP contribution in [0.1, 0.15) is 0 Å². The summed E-state index contributed by atoms with van der Waals surface area (Å²) in [4.78, 5) is 25.4. The molecule has 0 spiro atoms. The van der Waals surface area contributed by atoms with Gasteiger partial charge in [-0.2, -0.15) is 0 Å². The number of piperazine rings is 1. The molecule has 1 aliphatic rings. The lowest BCUT2D eigenvalue weighted by Crippen LogP contribution is -2.53. The third-order valence-electron chi connectivity index (χ3n) is 1.88. The number of carbonyl (C=O) groups excluding carboxylic acids is 2. The predicted octanol–water partition coefficient (Wildman–Crippen LogP) is -0.318. The molecule has 1 rings (SSSR count). The minimum atomic E-state index is -0.401. The van der Waals surface area contributed by atoms with Crippen LogP contribution in [0.5, 0.6) is 0 Å². The summed E-state index contributed by atoms with van der Waals surface area (Å²) < 4.78 is 0. The molecule has 0 aromatic rings. The van der Waals surface area contributed by atoms with E-state index in [1.165, 1.54) is 4.90 Å². The topological polar surface area (TPSA) is 40.6 Å². The molecule has 0 aromatic carbocycles. The Bertz CT molecular complexity index is 208. The van der Waals surface area contributed by atoms with Gasteiger partial charge in [0.15, 0.2) is 0 Å². The van der Waals surface area contributed by atoms with Crippen LogP contribution in [0.4, 0.5) is 0 Å². The zero-order chi connectivity index (χ0) is 9.14. The molecule has 0 unspecified atom stereocenters. The molecular formula is C7H11BrN2O2. The van der Waals surface area contributed by atoms with Gasteiger partial charge in [0.25, 0.3) is 0 Å². The summed E-state index contributed by atoms with van der Waals surface area (Å²) in [5, 5.41) is 0.718. The number of amides is 2. The van der Waals surface area contributed by atoms with Crippen LogP contribution in [-0.4, -0.2) is 53.6 Å². The molecule has 1 fully saturated rings. The van der Waals surface area contributed by atoms with Gasteiger partial charge in [-0.3, -0.25) is 9.59 Å². The highest BCUT2D eigenvalue weighted by atomic mass is 79.9. The van der Waals surface area contributed by atoms with Crippen molar-refractivity contribution in [1.29, 1.82) is 0 Å². The smallest absolute Gasteiger partial charge is 0.312 e. The van der Waals surface area contributed by atoms with Gasteiger partial charge in [0.1, 0.15) is 0 Å². The van der Waals surface area contributed by atoms with Crippen molar-refractivity contribution in [3.8, 4) is 0 Å². The van der Waals surface area contributed by atoms with Crippen LogP contribution in [0, 0.1) is 0 Å². The van der Waals surface area contributed by atoms with E-state index in [-0.39, 0.29) is 5.91 Å². The standard InChI is InChI=1S/C7H11BrN2O2/c1-9-4-5-10(3-2-8)7(12)6(9)11/h2-5H2,1H3. The summed E-state index contributed by atoms with van der Waals surface area (Å²) in [6, 6.07) is 0. The van der Waals surface area contributed by atoms with Crippen molar-refractivity contribution in [2.45, 2.75) is 0 Å². The Morgan fingerprint density at radius 1 is 1.33 bits per heavy atom. The fraction of sp³-hybridized carbons (Fsp3) is 0.714. The van der Waals surface area contributed by atoms with Crippen LogP contribution < -0.4 is 0 Å². The van der Waals surface area contributed by atoms with Crippen molar-refractivity contribution in [3.63, 3.8) is 0 Å². The SMILES string of the molecule is CN1CCN(CCBr)C(=O)C1=O. The van der Waals surface area contributed by atoms with Crippen LogP contribution in [0.15, 0.2) is 0 Å². The quantitative estimate of drug-likeness (QED) is 0.486. The first-order chi connectivity index (χ1) is 5.66. The van der Waals surface area contributed by atoms with E-state index in [2.05, 4.69) is 15.9 Å². The lowest BCUT2D eigenvalue weighted by Gasteiger charge is -2.30. The fourth-order valence-corrected chi connectivity index (χ4v) is 1.52. The number of halogens is 1. The van der Waals surface area contributed by atoms with E-state index >= 15 is 0 Å². The molecular weight excluding hydrogens is 224 g/mol. The first-order valence-electron chi connectivity index (χ1n) is 3.77. The van der Waals surface area contributed by atoms with Crippen molar-refractivity contribution in [1.82, 2.24) is 9.80 Å². The average molecular weight is 235 g/mol. The Balaban J connectivity index is 2.59. The minimum Gasteiger partial charge on any atom is -0.336 e. The molecule has 0 bridgehead atoms. The Morgan fingerprint density at radius 3 is 2.58 bits per heavy atom. The normalized spacial score (nSPS) is 18.8. The third-order valence-corrected chi connectivity index (χ3v) is 2.23. The average Bonchev–Trinajstić information content (AvgIpc) is 2.07. The number of alkyl halides is 1. The van der Waals surface area contributed by atoms with Gasteiger partial charge in [-0.05, 0) is 0 Å². The minimum absolute atomic E-state index is 0.386. The van der Waals surface area contributed by atoms with E-state index in [9.17, 15) is 9.59 Å². The Kier molecular flexibility index (Phi) is 3.08. The van der Waals surface area contributed by atoms with Crippen LogP contribution in [0.3, 0.4) is 0 Å². The molecule has 5 heteroatoms. The molecule has 1 saturated heterocycles. The molecule has 4 nitrogen and oxygen atoms in total. The summed E-state index contributed by atoms with van der Waals surface area (Å²) >= 11 is 3.23. The summed E-state index contributed by atoms with van der Waals surface area (Å²) in [5.41, 5.74) is 0. The highest BCUT2D eigenvalue weighted by molar-refractivity contribution is 9.09. The Hall–Kier alpha value is -0.580. The highest BCUT2D eigenvalue weighted by Gasteiger charge is 2.29. The van der Waals surface area contributed by atoms with E-state index in [0.717, 1.165) is 5.33 Å². The molecule has 1 heterocycles. The maximum atomic E-state index is 11.2. The summed E-state index contributed by atoms with van der Waals surface area (Å²) in [7, 11) is 1.64. The predicted molar refractivity (Wildman–Crippen MR) is 48.0 cm³/mol. The van der Waals surface area contributed by atoms with Gasteiger partial charge in [0.2, 0.25) is 0 Å². The number of nitrogens with zero attached hydrogens (tertiary/aromatic N) is 2. The molecule has 2 amide bonds. The molecule has 0 N–H and O–H groups in total. The van der Waals surface area contributed by atoms with E-state index in [1.807, 2.05) is 0 Å². The molecule has 0 radical (unpaired) electrons. The highest BCUT2D eigenvalue weighted by Crippen LogP contribution is 2.02. The van der Waals surface area contributed by atoms with Gasteiger partial charge in [0, 0.05) is 32.0 Å². The largest absolute Gasteiger partial charge is 0.336 e. The lowest BCUT2D eigenvalue weighted by molar-refractivity contribution is -0.154. The van der Waals surface area contributed by atoms with E-state index < -0.39 is 5.91 Å². The molecule has 0 aliphatic carbocycles. The number of likely N-dealkylation sites (N-methyl/N-ethyl adjacent to an activating group) is 1. The van der Waals surface area contributed by atoms with Gasteiger partial charge in [-0.1, -0.05) is 15.9 Å². The zero-order valence-electron chi connectivity index (χ0n) is 6.92. The van der Waals surface area contributed by atoms with Gasteiger partial charge >= 0.3 is 11.8 Å². The van der Waals surface area contributed by atoms with Crippen LogP contribution >= 0.6 is 15.9 Å². The first-order valence-corrected chi connectivity index (χ1v) is 4.89. The van der Waals surface area contributed by atoms with E-state index in [0.29, 0.717) is 19.6 Å². The summed E-state index contributed by atoms with van der Waals surface area (Å²) in [6.45, 7) is 1.89. The van der Waals surface area contributed by atoms with Gasteiger partial charge in [-0.25, -0.2) is 0 Å². The van der Waals surface area contributed by atoms with Gasteiger partial charge < -0.3 is 9.80 Å².